The van der Waals surface area contributed by atoms with E-state index in [2.05, 4.69) is 4.74 Å². The summed E-state index contributed by atoms with van der Waals surface area (Å²) in [5.41, 5.74) is -0.144. The zero-order valence-electron chi connectivity index (χ0n) is 14.3. The Bertz CT molecular complexity index is 847. The molecule has 1 unspecified atom stereocenters. The van der Waals surface area contributed by atoms with E-state index in [9.17, 15) is 24.3 Å². The quantitative estimate of drug-likeness (QED) is 0.350. The van der Waals surface area contributed by atoms with Crippen LogP contribution in [0.25, 0.3) is 6.08 Å². The fourth-order valence-electron chi connectivity index (χ4n) is 2.37. The van der Waals surface area contributed by atoms with Gasteiger partial charge in [0.1, 0.15) is 11.3 Å². The van der Waals surface area contributed by atoms with E-state index in [1.807, 2.05) is 0 Å². The lowest BCUT2D eigenvalue weighted by atomic mass is 9.93. The van der Waals surface area contributed by atoms with Gasteiger partial charge in [-0.1, -0.05) is 12.1 Å². The molecule has 0 aromatic heterocycles. The molecule has 8 nitrogen and oxygen atoms in total. The van der Waals surface area contributed by atoms with Crippen molar-refractivity contribution in [3.63, 3.8) is 0 Å². The normalized spacial score (nSPS) is 17.3. The van der Waals surface area contributed by atoms with Crippen LogP contribution in [0.2, 0.25) is 0 Å². The molecule has 0 saturated heterocycles. The van der Waals surface area contributed by atoms with Crippen LogP contribution in [-0.4, -0.2) is 42.8 Å². The molecule has 0 saturated carbocycles. The summed E-state index contributed by atoms with van der Waals surface area (Å²) >= 11 is 0. The molecule has 1 aliphatic rings. The van der Waals surface area contributed by atoms with Crippen LogP contribution in [-0.2, 0) is 23.9 Å². The Hall–Kier alpha value is -3.42. The van der Waals surface area contributed by atoms with E-state index in [1.165, 1.54) is 20.3 Å². The number of ether oxygens (including phenoxy) is 3. The van der Waals surface area contributed by atoms with Crippen molar-refractivity contribution >= 4 is 29.6 Å². The molecular weight excluding hydrogens is 344 g/mol. The molecule has 8 heteroatoms. The maximum absolute atomic E-state index is 12.3. The number of hydrogen-bond acceptors (Lipinski definition) is 8. The Balaban J connectivity index is 2.31. The van der Waals surface area contributed by atoms with E-state index in [-0.39, 0.29) is 0 Å². The van der Waals surface area contributed by atoms with Gasteiger partial charge in [-0.15, -0.1) is 0 Å². The molecule has 1 aromatic carbocycles. The minimum Gasteiger partial charge on any atom is -0.510 e. The molecule has 1 heterocycles. The lowest BCUT2D eigenvalue weighted by Gasteiger charge is -2.19. The Morgan fingerprint density at radius 2 is 1.81 bits per heavy atom. The number of methoxy groups -OCH3 is 2. The van der Waals surface area contributed by atoms with Crippen LogP contribution in [0.5, 0.6) is 11.5 Å². The second-order valence-electron chi connectivity index (χ2n) is 5.31. The summed E-state index contributed by atoms with van der Waals surface area (Å²) in [7, 11) is 2.94. The van der Waals surface area contributed by atoms with Crippen molar-refractivity contribution in [2.24, 2.45) is 5.92 Å². The maximum Gasteiger partial charge on any atom is 0.352 e. The summed E-state index contributed by atoms with van der Waals surface area (Å²) in [5, 5.41) is 10.0. The van der Waals surface area contributed by atoms with Crippen LogP contribution >= 0.6 is 0 Å². The zero-order chi connectivity index (χ0) is 19.4. The van der Waals surface area contributed by atoms with Gasteiger partial charge in [-0.05, 0) is 30.7 Å². The van der Waals surface area contributed by atoms with Crippen LogP contribution in [0.4, 0.5) is 0 Å². The number of allylic oxidation sites excluding steroid dienone is 1. The number of hydrogen-bond donors (Lipinski definition) is 1. The number of rotatable bonds is 6. The summed E-state index contributed by atoms with van der Waals surface area (Å²) in [6.07, 6.45) is 2.42. The van der Waals surface area contributed by atoms with Crippen molar-refractivity contribution in [2.45, 2.75) is 6.92 Å². The number of ketones is 2. The summed E-state index contributed by atoms with van der Waals surface area (Å²) in [6.45, 7) is 1.02. The van der Waals surface area contributed by atoms with Crippen LogP contribution < -0.4 is 9.47 Å². The van der Waals surface area contributed by atoms with Gasteiger partial charge < -0.3 is 19.3 Å². The second-order valence-corrected chi connectivity index (χ2v) is 5.31. The van der Waals surface area contributed by atoms with E-state index < -0.39 is 40.8 Å². The highest BCUT2D eigenvalue weighted by Crippen LogP contribution is 2.28. The fraction of sp³-hybridized carbons (Fsp3) is 0.222. The molecular formula is C18H16O8. The third kappa shape index (κ3) is 3.64. The molecule has 1 aromatic rings. The number of aliphatic hydroxyl groups excluding tert-OH is 1. The van der Waals surface area contributed by atoms with Crippen molar-refractivity contribution in [2.75, 3.05) is 14.2 Å². The SMILES string of the molecule is COc1ccc(C=CC(=O)C2C(=O)OC(=O)C(C(C)=O)=C2O)cc1OC. The largest absolute Gasteiger partial charge is 0.510 e. The van der Waals surface area contributed by atoms with Crippen LogP contribution in [0.15, 0.2) is 35.6 Å². The van der Waals surface area contributed by atoms with Gasteiger partial charge in [0.15, 0.2) is 29.0 Å². The van der Waals surface area contributed by atoms with Crippen molar-refractivity contribution in [1.29, 1.82) is 0 Å². The Morgan fingerprint density at radius 3 is 2.38 bits per heavy atom. The Labute approximate surface area is 148 Å². The van der Waals surface area contributed by atoms with E-state index >= 15 is 0 Å². The molecule has 0 amide bonds. The van der Waals surface area contributed by atoms with Gasteiger partial charge in [-0.2, -0.15) is 0 Å². The zero-order valence-corrected chi connectivity index (χ0v) is 14.3. The molecule has 1 N–H and O–H groups in total. The fourth-order valence-corrected chi connectivity index (χ4v) is 2.37. The number of carbonyl (C=O) groups is 4. The van der Waals surface area contributed by atoms with Crippen molar-refractivity contribution in [3.8, 4) is 11.5 Å². The molecule has 26 heavy (non-hydrogen) atoms. The highest BCUT2D eigenvalue weighted by atomic mass is 16.6. The van der Waals surface area contributed by atoms with Gasteiger partial charge in [0.25, 0.3) is 0 Å². The first kappa shape index (κ1) is 18.9. The second kappa shape index (κ2) is 7.64. The smallest absolute Gasteiger partial charge is 0.352 e. The van der Waals surface area contributed by atoms with Crippen LogP contribution in [0.3, 0.4) is 0 Å². The van der Waals surface area contributed by atoms with Crippen molar-refractivity contribution < 1.29 is 38.5 Å². The van der Waals surface area contributed by atoms with Gasteiger partial charge >= 0.3 is 11.9 Å². The lowest BCUT2D eigenvalue weighted by molar-refractivity contribution is -0.162. The molecule has 0 bridgehead atoms. The monoisotopic (exact) mass is 360 g/mol. The summed E-state index contributed by atoms with van der Waals surface area (Å²) in [4.78, 5) is 47.0. The van der Waals surface area contributed by atoms with E-state index in [0.29, 0.717) is 17.1 Å². The van der Waals surface area contributed by atoms with Gasteiger partial charge in [-0.25, -0.2) is 4.79 Å². The molecule has 2 rings (SSSR count). The molecule has 0 fully saturated rings. The number of carbonyl (C=O) groups excluding carboxylic acids is 4. The number of benzene rings is 1. The Morgan fingerprint density at radius 1 is 1.15 bits per heavy atom. The summed E-state index contributed by atoms with van der Waals surface area (Å²) < 4.78 is 14.6. The standard InChI is InChI=1S/C18H16O8/c1-9(19)14-16(21)15(18(23)26-17(14)22)11(20)6-4-10-5-7-12(24-2)13(8-10)25-3/h4-8,15,21H,1-3H3. The molecule has 1 atom stereocenters. The third-order valence-corrected chi connectivity index (χ3v) is 3.65. The van der Waals surface area contributed by atoms with Crippen LogP contribution in [0, 0.1) is 5.92 Å². The highest BCUT2D eigenvalue weighted by molar-refractivity contribution is 6.24. The predicted molar refractivity (Wildman–Crippen MR) is 88.5 cm³/mol. The first-order valence-corrected chi connectivity index (χ1v) is 7.44. The lowest BCUT2D eigenvalue weighted by Crippen LogP contribution is -2.37. The molecule has 0 aliphatic carbocycles. The number of cyclic esters (lactones) is 2. The highest BCUT2D eigenvalue weighted by Gasteiger charge is 2.42. The minimum atomic E-state index is -1.76. The number of esters is 2. The average molecular weight is 360 g/mol. The molecule has 1 aliphatic heterocycles. The van der Waals surface area contributed by atoms with Crippen molar-refractivity contribution in [1.82, 2.24) is 0 Å². The predicted octanol–water partition coefficient (Wildman–Crippen LogP) is 1.39. The summed E-state index contributed by atoms with van der Waals surface area (Å²) in [6, 6.07) is 4.87. The molecule has 136 valence electrons. The maximum atomic E-state index is 12.3. The van der Waals surface area contributed by atoms with E-state index in [1.54, 1.807) is 18.2 Å². The van der Waals surface area contributed by atoms with Gasteiger partial charge in [0.2, 0.25) is 0 Å². The molecule has 0 spiro atoms. The van der Waals surface area contributed by atoms with Gasteiger partial charge in [0.05, 0.1) is 14.2 Å². The Kier molecular flexibility index (Phi) is 5.56. The number of Topliss-reactive ketones (excluding diaryl/α,β-unsaturated/α-hetero) is 1. The van der Waals surface area contributed by atoms with E-state index in [0.717, 1.165) is 13.0 Å². The van der Waals surface area contributed by atoms with Crippen LogP contribution in [0.1, 0.15) is 12.5 Å². The average Bonchev–Trinajstić information content (AvgIpc) is 2.58. The molecule has 0 radical (unpaired) electrons. The van der Waals surface area contributed by atoms with Gasteiger partial charge in [-0.3, -0.25) is 14.4 Å². The van der Waals surface area contributed by atoms with Crippen molar-refractivity contribution in [3.05, 3.63) is 41.2 Å². The first-order valence-electron chi connectivity index (χ1n) is 7.44. The van der Waals surface area contributed by atoms with E-state index in [4.69, 9.17) is 9.47 Å². The topological polar surface area (TPSA) is 116 Å². The van der Waals surface area contributed by atoms with Gasteiger partial charge in [0, 0.05) is 0 Å². The minimum absolute atomic E-state index is 0.436. The summed E-state index contributed by atoms with van der Waals surface area (Å²) in [5.74, 6) is -5.88. The first-order chi connectivity index (χ1) is 12.3. The number of aliphatic hydroxyl groups is 1. The third-order valence-electron chi connectivity index (χ3n) is 3.65.